The SMILES string of the molecule is CC/C=C\C/C=C\C/C=C\C/C=C\C/C=C\CCCCCCCCCCCCCCCC(=O)OCC(COC(=O)CCCCCCCCCCCC)OC(=O)CCCCCCCCC/C=C\C/C=C\CCCCCC. The second kappa shape index (κ2) is 63.1. The van der Waals surface area contributed by atoms with Crippen molar-refractivity contribution in [1.82, 2.24) is 0 Å². The molecule has 0 saturated carbocycles. The number of ether oxygens (including phenoxy) is 3. The Hall–Kier alpha value is -3.41. The van der Waals surface area contributed by atoms with Gasteiger partial charge in [-0.15, -0.1) is 0 Å². The first-order valence-corrected chi connectivity index (χ1v) is 32.1. The van der Waals surface area contributed by atoms with Crippen LogP contribution in [-0.2, 0) is 28.6 Å². The van der Waals surface area contributed by atoms with E-state index in [1.165, 1.54) is 173 Å². The van der Waals surface area contributed by atoms with Crippen molar-refractivity contribution in [3.05, 3.63) is 85.1 Å². The summed E-state index contributed by atoms with van der Waals surface area (Å²) in [5.41, 5.74) is 0. The number of rotatable bonds is 58. The van der Waals surface area contributed by atoms with Gasteiger partial charge in [-0.2, -0.15) is 0 Å². The highest BCUT2D eigenvalue weighted by Gasteiger charge is 2.19. The highest BCUT2D eigenvalue weighted by Crippen LogP contribution is 2.16. The average Bonchev–Trinajstić information content (AvgIpc) is 3.41. The summed E-state index contributed by atoms with van der Waals surface area (Å²) in [5, 5.41) is 0. The number of esters is 3. The molecule has 0 rings (SSSR count). The van der Waals surface area contributed by atoms with Gasteiger partial charge in [-0.1, -0.05) is 286 Å². The maximum absolute atomic E-state index is 12.9. The summed E-state index contributed by atoms with van der Waals surface area (Å²) in [4.78, 5) is 38.2. The first kappa shape index (κ1) is 71.6. The first-order chi connectivity index (χ1) is 37.0. The Kier molecular flexibility index (Phi) is 60.3. The van der Waals surface area contributed by atoms with Crippen LogP contribution < -0.4 is 0 Å². The van der Waals surface area contributed by atoms with Crippen molar-refractivity contribution in [3.8, 4) is 0 Å². The van der Waals surface area contributed by atoms with Gasteiger partial charge in [-0.25, -0.2) is 0 Å². The molecule has 0 saturated heterocycles. The van der Waals surface area contributed by atoms with Crippen molar-refractivity contribution in [3.63, 3.8) is 0 Å². The minimum Gasteiger partial charge on any atom is -0.462 e. The van der Waals surface area contributed by atoms with E-state index in [1.807, 2.05) is 0 Å². The monoisotopic (exact) mass is 1040 g/mol. The lowest BCUT2D eigenvalue weighted by atomic mass is 10.0. The Morgan fingerprint density at radius 1 is 0.280 bits per heavy atom. The molecule has 75 heavy (non-hydrogen) atoms. The van der Waals surface area contributed by atoms with Gasteiger partial charge in [0.15, 0.2) is 6.10 Å². The highest BCUT2D eigenvalue weighted by molar-refractivity contribution is 5.71. The van der Waals surface area contributed by atoms with Crippen LogP contribution in [0.25, 0.3) is 0 Å². The number of hydrogen-bond donors (Lipinski definition) is 0. The quantitative estimate of drug-likeness (QED) is 0.0261. The van der Waals surface area contributed by atoms with Gasteiger partial charge in [0.05, 0.1) is 0 Å². The summed E-state index contributed by atoms with van der Waals surface area (Å²) in [7, 11) is 0. The third-order valence-electron chi connectivity index (χ3n) is 13.9. The van der Waals surface area contributed by atoms with E-state index in [0.29, 0.717) is 19.3 Å². The second-order valence-electron chi connectivity index (χ2n) is 21.3. The maximum Gasteiger partial charge on any atom is 0.306 e. The number of carbonyl (C=O) groups excluding carboxylic acids is 3. The molecule has 0 heterocycles. The maximum atomic E-state index is 12.9. The van der Waals surface area contributed by atoms with Crippen LogP contribution in [0.3, 0.4) is 0 Å². The molecule has 0 N–H and O–H groups in total. The summed E-state index contributed by atoms with van der Waals surface area (Å²) in [5.74, 6) is -0.875. The van der Waals surface area contributed by atoms with Gasteiger partial charge in [0.1, 0.15) is 13.2 Å². The molecule has 0 fully saturated rings. The zero-order valence-electron chi connectivity index (χ0n) is 49.6. The van der Waals surface area contributed by atoms with Crippen LogP contribution in [0.4, 0.5) is 0 Å². The van der Waals surface area contributed by atoms with Crippen LogP contribution in [-0.4, -0.2) is 37.2 Å². The molecule has 0 spiro atoms. The third-order valence-corrected chi connectivity index (χ3v) is 13.9. The van der Waals surface area contributed by atoms with Crippen LogP contribution in [0.1, 0.15) is 316 Å². The van der Waals surface area contributed by atoms with Crippen LogP contribution in [0, 0.1) is 0 Å². The van der Waals surface area contributed by atoms with Crippen molar-refractivity contribution < 1.29 is 28.6 Å². The number of hydrogen-bond acceptors (Lipinski definition) is 6. The van der Waals surface area contributed by atoms with Crippen molar-refractivity contribution >= 4 is 17.9 Å². The van der Waals surface area contributed by atoms with Gasteiger partial charge in [0.25, 0.3) is 0 Å². The van der Waals surface area contributed by atoms with Gasteiger partial charge in [-0.05, 0) is 96.3 Å². The summed E-state index contributed by atoms with van der Waals surface area (Å²) >= 11 is 0. The third kappa shape index (κ3) is 61.3. The fourth-order valence-electron chi connectivity index (χ4n) is 9.09. The van der Waals surface area contributed by atoms with E-state index < -0.39 is 6.10 Å². The normalized spacial score (nSPS) is 12.6. The molecular weight excluding hydrogens is 925 g/mol. The Bertz CT molecular complexity index is 1430. The first-order valence-electron chi connectivity index (χ1n) is 32.1. The smallest absolute Gasteiger partial charge is 0.306 e. The summed E-state index contributed by atoms with van der Waals surface area (Å²) in [6.45, 7) is 6.52. The fraction of sp³-hybridized carbons (Fsp3) is 0.754. The van der Waals surface area contributed by atoms with Crippen LogP contribution in [0.5, 0.6) is 0 Å². The fourth-order valence-corrected chi connectivity index (χ4v) is 9.09. The van der Waals surface area contributed by atoms with Gasteiger partial charge in [0, 0.05) is 19.3 Å². The van der Waals surface area contributed by atoms with Gasteiger partial charge in [0.2, 0.25) is 0 Å². The van der Waals surface area contributed by atoms with Gasteiger partial charge >= 0.3 is 17.9 Å². The van der Waals surface area contributed by atoms with Crippen LogP contribution in [0.2, 0.25) is 0 Å². The van der Waals surface area contributed by atoms with Gasteiger partial charge < -0.3 is 14.2 Å². The average molecular weight is 1050 g/mol. The molecule has 0 aromatic carbocycles. The van der Waals surface area contributed by atoms with E-state index in [-0.39, 0.29) is 31.1 Å². The topological polar surface area (TPSA) is 78.9 Å². The molecule has 0 aliphatic carbocycles. The lowest BCUT2D eigenvalue weighted by molar-refractivity contribution is -0.167. The van der Waals surface area contributed by atoms with E-state index >= 15 is 0 Å². The number of carbonyl (C=O) groups is 3. The Morgan fingerprint density at radius 3 is 0.827 bits per heavy atom. The predicted octanol–water partition coefficient (Wildman–Crippen LogP) is 21.9. The van der Waals surface area contributed by atoms with E-state index in [1.54, 1.807) is 0 Å². The van der Waals surface area contributed by atoms with E-state index in [4.69, 9.17) is 14.2 Å². The molecule has 0 aliphatic heterocycles. The molecule has 0 amide bonds. The lowest BCUT2D eigenvalue weighted by Crippen LogP contribution is -2.30. The lowest BCUT2D eigenvalue weighted by Gasteiger charge is -2.18. The van der Waals surface area contributed by atoms with E-state index in [2.05, 4.69) is 106 Å². The molecule has 1 atom stereocenters. The van der Waals surface area contributed by atoms with Gasteiger partial charge in [-0.3, -0.25) is 14.4 Å². The van der Waals surface area contributed by atoms with Crippen molar-refractivity contribution in [2.75, 3.05) is 13.2 Å². The molecule has 0 aliphatic rings. The molecule has 1 unspecified atom stereocenters. The van der Waals surface area contributed by atoms with E-state index in [9.17, 15) is 14.4 Å². The highest BCUT2D eigenvalue weighted by atomic mass is 16.6. The van der Waals surface area contributed by atoms with Crippen LogP contribution >= 0.6 is 0 Å². The van der Waals surface area contributed by atoms with Crippen molar-refractivity contribution in [2.24, 2.45) is 0 Å². The van der Waals surface area contributed by atoms with Crippen molar-refractivity contribution in [2.45, 2.75) is 322 Å². The zero-order chi connectivity index (χ0) is 54.3. The minimum atomic E-state index is -0.779. The van der Waals surface area contributed by atoms with Crippen molar-refractivity contribution in [1.29, 1.82) is 0 Å². The molecule has 0 radical (unpaired) electrons. The number of allylic oxidation sites excluding steroid dienone is 14. The zero-order valence-corrected chi connectivity index (χ0v) is 49.6. The predicted molar refractivity (Wildman–Crippen MR) is 325 cm³/mol. The largest absolute Gasteiger partial charge is 0.462 e. The minimum absolute atomic E-state index is 0.0763. The standard InChI is InChI=1S/C69H120O6/c1-4-7-10-13-16-19-22-24-26-28-30-31-32-33-34-35-36-37-38-39-40-42-43-45-47-50-53-56-59-62-68(71)74-65-66(64-73-67(70)61-58-55-52-49-21-18-15-12-9-6-3)75-69(72)63-60-57-54-51-48-46-44-41-29-27-25-23-20-17-14-11-8-5-2/h7,10,16,19-20,23-24,26-27,29-31,33-34,66H,4-6,8-9,11-15,17-18,21-22,25,28,32,35-65H2,1-3H3/b10-7-,19-16-,23-20-,26-24-,29-27-,31-30-,34-33-. The second-order valence-corrected chi connectivity index (χ2v) is 21.3. The molecule has 0 aromatic heterocycles. The van der Waals surface area contributed by atoms with Crippen LogP contribution in [0.15, 0.2) is 85.1 Å². The molecule has 432 valence electrons. The summed E-state index contributed by atoms with van der Waals surface area (Å²) in [6.07, 6.45) is 83.1. The molecule has 6 nitrogen and oxygen atoms in total. The van der Waals surface area contributed by atoms with E-state index in [0.717, 1.165) is 103 Å². The molecular formula is C69H120O6. The Morgan fingerprint density at radius 2 is 0.520 bits per heavy atom. The Labute approximate surface area is 465 Å². The molecule has 0 aromatic rings. The molecule has 0 bridgehead atoms. The summed E-state index contributed by atoms with van der Waals surface area (Å²) in [6, 6.07) is 0. The summed E-state index contributed by atoms with van der Waals surface area (Å²) < 4.78 is 16.9. The number of unbranched alkanes of at least 4 members (excludes halogenated alkanes) is 33. The molecule has 6 heteroatoms. The Balaban J connectivity index is 4.20.